The highest BCUT2D eigenvalue weighted by molar-refractivity contribution is 5.23. The van der Waals surface area contributed by atoms with Crippen LogP contribution in [0.5, 0.6) is 0 Å². The zero-order valence-electron chi connectivity index (χ0n) is 10.9. The number of benzene rings is 1. The normalized spacial score (nSPS) is 13.3. The fraction of sp³-hybridized carbons (Fsp3) is 0.571. The van der Waals surface area contributed by atoms with E-state index in [1.54, 1.807) is 12.1 Å². The maximum absolute atomic E-state index is 12.3. The van der Waals surface area contributed by atoms with Crippen LogP contribution in [0.3, 0.4) is 0 Å². The number of halogens is 2. The molecule has 18 heavy (non-hydrogen) atoms. The van der Waals surface area contributed by atoms with Crippen LogP contribution in [0.4, 0.5) is 8.78 Å². The maximum Gasteiger partial charge on any atom is 0.263 e. The second-order valence-electron chi connectivity index (χ2n) is 4.96. The number of aliphatic hydroxyl groups excluding tert-OH is 1. The van der Waals surface area contributed by atoms with Gasteiger partial charge in [0.2, 0.25) is 0 Å². The van der Waals surface area contributed by atoms with E-state index in [9.17, 15) is 13.9 Å². The second kappa shape index (κ2) is 7.44. The molecule has 2 nitrogen and oxygen atoms in total. The minimum atomic E-state index is -2.42. The number of rotatable bonds is 7. The van der Waals surface area contributed by atoms with Crippen molar-refractivity contribution in [1.82, 2.24) is 5.32 Å². The molecule has 102 valence electrons. The van der Waals surface area contributed by atoms with Crippen LogP contribution in [-0.2, 0) is 6.54 Å². The summed E-state index contributed by atoms with van der Waals surface area (Å²) in [5.74, 6) is 0.465. The molecule has 0 spiro atoms. The summed E-state index contributed by atoms with van der Waals surface area (Å²) in [5, 5.41) is 12.8. The molecule has 1 atom stereocenters. The summed E-state index contributed by atoms with van der Waals surface area (Å²) in [7, 11) is 0. The van der Waals surface area contributed by atoms with Gasteiger partial charge in [0, 0.05) is 18.7 Å². The Morgan fingerprint density at radius 1 is 1.17 bits per heavy atom. The highest BCUT2D eigenvalue weighted by Gasteiger charge is 2.07. The first-order valence-electron chi connectivity index (χ1n) is 6.24. The summed E-state index contributed by atoms with van der Waals surface area (Å²) < 4.78 is 24.7. The van der Waals surface area contributed by atoms with Crippen molar-refractivity contribution in [3.63, 3.8) is 0 Å². The van der Waals surface area contributed by atoms with Gasteiger partial charge in [-0.05, 0) is 17.9 Å². The number of hydrogen-bond donors (Lipinski definition) is 2. The molecule has 1 rings (SSSR count). The molecule has 0 aliphatic carbocycles. The van der Waals surface area contributed by atoms with E-state index in [1.165, 1.54) is 12.1 Å². The van der Waals surface area contributed by atoms with Crippen molar-refractivity contribution in [3.05, 3.63) is 35.4 Å². The molecular formula is C14H21F2NO. The first kappa shape index (κ1) is 15.1. The first-order valence-corrected chi connectivity index (χ1v) is 6.24. The van der Waals surface area contributed by atoms with E-state index in [-0.39, 0.29) is 11.7 Å². The summed E-state index contributed by atoms with van der Waals surface area (Å²) in [6.07, 6.45) is -2.01. The zero-order valence-corrected chi connectivity index (χ0v) is 10.9. The lowest BCUT2D eigenvalue weighted by Gasteiger charge is -2.14. The minimum absolute atomic E-state index is 0.0404. The van der Waals surface area contributed by atoms with Gasteiger partial charge in [-0.1, -0.05) is 38.1 Å². The molecule has 0 fully saturated rings. The van der Waals surface area contributed by atoms with Crippen LogP contribution in [0.2, 0.25) is 0 Å². The monoisotopic (exact) mass is 257 g/mol. The molecule has 0 aliphatic heterocycles. The van der Waals surface area contributed by atoms with Crippen molar-refractivity contribution in [2.75, 3.05) is 6.54 Å². The molecule has 0 bridgehead atoms. The highest BCUT2D eigenvalue weighted by atomic mass is 19.3. The zero-order chi connectivity index (χ0) is 13.5. The van der Waals surface area contributed by atoms with Gasteiger partial charge in [-0.2, -0.15) is 0 Å². The van der Waals surface area contributed by atoms with Crippen LogP contribution in [0.15, 0.2) is 24.3 Å². The largest absolute Gasteiger partial charge is 0.392 e. The molecule has 4 heteroatoms. The average molecular weight is 257 g/mol. The Morgan fingerprint density at radius 3 is 2.28 bits per heavy atom. The Labute approximate surface area is 107 Å². The van der Waals surface area contributed by atoms with Gasteiger partial charge in [0.05, 0.1) is 6.10 Å². The van der Waals surface area contributed by atoms with Crippen LogP contribution in [0.25, 0.3) is 0 Å². The average Bonchev–Trinajstić information content (AvgIpc) is 2.28. The van der Waals surface area contributed by atoms with E-state index < -0.39 is 6.43 Å². The molecule has 0 aliphatic rings. The van der Waals surface area contributed by atoms with Gasteiger partial charge in [0.25, 0.3) is 6.43 Å². The summed E-state index contributed by atoms with van der Waals surface area (Å²) in [5.41, 5.74) is 0.981. The topological polar surface area (TPSA) is 32.3 Å². The predicted octanol–water partition coefficient (Wildman–Crippen LogP) is 3.12. The molecule has 1 aromatic carbocycles. The van der Waals surface area contributed by atoms with Crippen LogP contribution in [0, 0.1) is 5.92 Å². The Bertz CT molecular complexity index is 338. The smallest absolute Gasteiger partial charge is 0.263 e. The lowest BCUT2D eigenvalue weighted by atomic mass is 10.1. The molecule has 1 aromatic rings. The summed E-state index contributed by atoms with van der Waals surface area (Å²) in [6.45, 7) is 5.23. The Balaban J connectivity index is 2.31. The van der Waals surface area contributed by atoms with E-state index >= 15 is 0 Å². The Morgan fingerprint density at radius 2 is 1.78 bits per heavy atom. The van der Waals surface area contributed by atoms with E-state index in [0.717, 1.165) is 12.0 Å². The fourth-order valence-corrected chi connectivity index (χ4v) is 1.79. The number of hydrogen-bond acceptors (Lipinski definition) is 2. The molecular weight excluding hydrogens is 236 g/mol. The third kappa shape index (κ3) is 5.56. The third-order valence-corrected chi connectivity index (χ3v) is 2.68. The lowest BCUT2D eigenvalue weighted by Crippen LogP contribution is -2.27. The van der Waals surface area contributed by atoms with E-state index in [1.807, 2.05) is 0 Å². The molecule has 0 amide bonds. The second-order valence-corrected chi connectivity index (χ2v) is 4.96. The van der Waals surface area contributed by atoms with Gasteiger partial charge in [0.15, 0.2) is 0 Å². The molecule has 0 heterocycles. The minimum Gasteiger partial charge on any atom is -0.392 e. The fourth-order valence-electron chi connectivity index (χ4n) is 1.79. The van der Waals surface area contributed by atoms with Crippen molar-refractivity contribution in [2.45, 2.75) is 39.3 Å². The summed E-state index contributed by atoms with van der Waals surface area (Å²) in [4.78, 5) is 0. The molecule has 2 N–H and O–H groups in total. The summed E-state index contributed by atoms with van der Waals surface area (Å²) >= 11 is 0. The van der Waals surface area contributed by atoms with Gasteiger partial charge >= 0.3 is 0 Å². The van der Waals surface area contributed by atoms with Crippen LogP contribution < -0.4 is 5.32 Å². The molecule has 0 saturated carbocycles. The number of aliphatic hydroxyl groups is 1. The van der Waals surface area contributed by atoms with Gasteiger partial charge < -0.3 is 10.4 Å². The Kier molecular flexibility index (Phi) is 6.22. The Hall–Kier alpha value is -1.00. The van der Waals surface area contributed by atoms with E-state index in [2.05, 4.69) is 19.2 Å². The highest BCUT2D eigenvalue weighted by Crippen LogP contribution is 2.18. The molecule has 1 unspecified atom stereocenters. The van der Waals surface area contributed by atoms with Gasteiger partial charge in [-0.25, -0.2) is 8.78 Å². The van der Waals surface area contributed by atoms with Crippen molar-refractivity contribution in [2.24, 2.45) is 5.92 Å². The van der Waals surface area contributed by atoms with Gasteiger partial charge in [0.1, 0.15) is 0 Å². The van der Waals surface area contributed by atoms with E-state index in [0.29, 0.717) is 19.0 Å². The SMILES string of the molecule is CC(C)CC(O)CNCc1ccc(C(F)F)cc1. The van der Waals surface area contributed by atoms with Crippen molar-refractivity contribution < 1.29 is 13.9 Å². The summed E-state index contributed by atoms with van der Waals surface area (Å²) in [6, 6.07) is 6.24. The van der Waals surface area contributed by atoms with Crippen molar-refractivity contribution in [1.29, 1.82) is 0 Å². The van der Waals surface area contributed by atoms with Crippen molar-refractivity contribution in [3.8, 4) is 0 Å². The van der Waals surface area contributed by atoms with Gasteiger partial charge in [-0.15, -0.1) is 0 Å². The standard InChI is InChI=1S/C14H21F2NO/c1-10(2)7-13(18)9-17-8-11-3-5-12(6-4-11)14(15)16/h3-6,10,13-14,17-18H,7-9H2,1-2H3. The molecule has 0 saturated heterocycles. The van der Waals surface area contributed by atoms with Crippen molar-refractivity contribution >= 4 is 0 Å². The predicted molar refractivity (Wildman–Crippen MR) is 68.6 cm³/mol. The molecule has 0 radical (unpaired) electrons. The number of nitrogens with one attached hydrogen (secondary N) is 1. The lowest BCUT2D eigenvalue weighted by molar-refractivity contribution is 0.146. The quantitative estimate of drug-likeness (QED) is 0.786. The number of alkyl halides is 2. The van der Waals surface area contributed by atoms with Crippen LogP contribution in [-0.4, -0.2) is 17.8 Å². The van der Waals surface area contributed by atoms with Crippen LogP contribution in [0.1, 0.15) is 37.8 Å². The maximum atomic E-state index is 12.3. The first-order chi connectivity index (χ1) is 8.49. The molecule has 0 aromatic heterocycles. The van der Waals surface area contributed by atoms with E-state index in [4.69, 9.17) is 0 Å². The van der Waals surface area contributed by atoms with Crippen LogP contribution >= 0.6 is 0 Å². The van der Waals surface area contributed by atoms with Gasteiger partial charge in [-0.3, -0.25) is 0 Å². The third-order valence-electron chi connectivity index (χ3n) is 2.68.